The molecular weight excluding hydrogens is 446 g/mol. The molecule has 2 rings (SSSR count). The normalized spacial score (nSPS) is 11.1. The van der Waals surface area contributed by atoms with Gasteiger partial charge in [-0.3, -0.25) is 14.5 Å². The number of carbonyl (C=O) groups is 2. The smallest absolute Gasteiger partial charge is 0.262 e. The predicted molar refractivity (Wildman–Crippen MR) is 124 cm³/mol. The van der Waals surface area contributed by atoms with E-state index < -0.39 is 0 Å². The van der Waals surface area contributed by atoms with Crippen molar-refractivity contribution >= 4 is 33.4 Å². The lowest BCUT2D eigenvalue weighted by Gasteiger charge is -2.30. The topological polar surface area (TPSA) is 70.7 Å². The number of ether oxygens (including phenoxy) is 1. The van der Waals surface area contributed by atoms with E-state index in [1.54, 1.807) is 36.4 Å². The highest BCUT2D eigenvalue weighted by atomic mass is 79.9. The lowest BCUT2D eigenvalue weighted by atomic mass is 10.2. The minimum Gasteiger partial charge on any atom is -0.483 e. The molecule has 30 heavy (non-hydrogen) atoms. The number of hydrogen-bond acceptors (Lipinski definition) is 4. The first-order valence-electron chi connectivity index (χ1n) is 10.1. The van der Waals surface area contributed by atoms with Crippen molar-refractivity contribution < 1.29 is 14.3 Å². The average Bonchev–Trinajstić information content (AvgIpc) is 2.71. The van der Waals surface area contributed by atoms with Crippen LogP contribution in [-0.2, 0) is 4.79 Å². The fourth-order valence-electron chi connectivity index (χ4n) is 3.16. The first kappa shape index (κ1) is 23.9. The van der Waals surface area contributed by atoms with E-state index in [0.717, 1.165) is 11.0 Å². The molecule has 0 fully saturated rings. The number of benzene rings is 2. The summed E-state index contributed by atoms with van der Waals surface area (Å²) in [6, 6.07) is 15.0. The summed E-state index contributed by atoms with van der Waals surface area (Å²) in [5, 5.41) is 5.71. The van der Waals surface area contributed by atoms with Gasteiger partial charge >= 0.3 is 0 Å². The van der Waals surface area contributed by atoms with Gasteiger partial charge in [-0.25, -0.2) is 0 Å². The maximum atomic E-state index is 12.6. The summed E-state index contributed by atoms with van der Waals surface area (Å²) >= 11 is 3.36. The van der Waals surface area contributed by atoms with Gasteiger partial charge in [0.25, 0.3) is 11.8 Å². The zero-order chi connectivity index (χ0) is 22.1. The molecule has 2 amide bonds. The molecule has 6 nitrogen and oxygen atoms in total. The van der Waals surface area contributed by atoms with Crippen LogP contribution in [0.15, 0.2) is 53.0 Å². The minimum absolute atomic E-state index is 0.186. The number of halogens is 1. The Hall–Kier alpha value is -2.38. The third-order valence-electron chi connectivity index (χ3n) is 4.60. The number of hydrogen-bond donors (Lipinski definition) is 2. The molecule has 0 bridgehead atoms. The lowest BCUT2D eigenvalue weighted by Crippen LogP contribution is -2.42. The fourth-order valence-corrected chi connectivity index (χ4v) is 3.42. The van der Waals surface area contributed by atoms with Crippen LogP contribution in [0, 0.1) is 0 Å². The van der Waals surface area contributed by atoms with E-state index in [1.165, 1.54) is 0 Å². The Kier molecular flexibility index (Phi) is 9.33. The van der Waals surface area contributed by atoms with Crippen LogP contribution in [0.3, 0.4) is 0 Å². The van der Waals surface area contributed by atoms with Gasteiger partial charge in [-0.05, 0) is 64.1 Å². The Morgan fingerprint density at radius 1 is 1.00 bits per heavy atom. The second-order valence-electron chi connectivity index (χ2n) is 7.52. The van der Waals surface area contributed by atoms with Crippen LogP contribution >= 0.6 is 15.9 Å². The second-order valence-corrected chi connectivity index (χ2v) is 8.44. The van der Waals surface area contributed by atoms with Crippen LogP contribution < -0.4 is 15.4 Å². The van der Waals surface area contributed by atoms with E-state index in [-0.39, 0.29) is 18.4 Å². The molecule has 0 aliphatic rings. The summed E-state index contributed by atoms with van der Waals surface area (Å²) in [5.41, 5.74) is 1.09. The number of rotatable bonds is 10. The largest absolute Gasteiger partial charge is 0.483 e. The average molecular weight is 476 g/mol. The summed E-state index contributed by atoms with van der Waals surface area (Å²) < 4.78 is 6.56. The molecule has 0 atom stereocenters. The van der Waals surface area contributed by atoms with Crippen molar-refractivity contribution in [2.45, 2.75) is 39.8 Å². The van der Waals surface area contributed by atoms with Gasteiger partial charge < -0.3 is 15.4 Å². The minimum atomic E-state index is -0.294. The molecule has 7 heteroatoms. The van der Waals surface area contributed by atoms with E-state index in [9.17, 15) is 9.59 Å². The highest BCUT2D eigenvalue weighted by Crippen LogP contribution is 2.18. The zero-order valence-electron chi connectivity index (χ0n) is 17.9. The van der Waals surface area contributed by atoms with Crippen molar-refractivity contribution in [3.8, 4) is 5.75 Å². The van der Waals surface area contributed by atoms with Crippen LogP contribution in [0.4, 0.5) is 5.69 Å². The Labute approximate surface area is 187 Å². The molecule has 0 saturated heterocycles. The highest BCUT2D eigenvalue weighted by molar-refractivity contribution is 9.10. The molecule has 0 heterocycles. The van der Waals surface area contributed by atoms with E-state index in [0.29, 0.717) is 35.6 Å². The summed E-state index contributed by atoms with van der Waals surface area (Å²) in [6.45, 7) is 9.69. The van der Waals surface area contributed by atoms with Crippen molar-refractivity contribution in [1.29, 1.82) is 0 Å². The SMILES string of the molecule is CC(C)N(CCNC(=O)c1ccccc1OCC(=O)Nc1ccc(Br)cc1)C(C)C. The van der Waals surface area contributed by atoms with Gasteiger partial charge in [0, 0.05) is 35.3 Å². The number of nitrogens with one attached hydrogen (secondary N) is 2. The summed E-state index contributed by atoms with van der Waals surface area (Å²) in [5.74, 6) is -0.131. The summed E-state index contributed by atoms with van der Waals surface area (Å²) in [6.07, 6.45) is 0. The van der Waals surface area contributed by atoms with E-state index in [1.807, 2.05) is 12.1 Å². The first-order valence-corrected chi connectivity index (χ1v) is 10.9. The molecule has 0 saturated carbocycles. The first-order chi connectivity index (χ1) is 14.3. The number of amides is 2. The molecule has 0 unspecified atom stereocenters. The molecule has 2 aromatic rings. The molecule has 0 aliphatic heterocycles. The van der Waals surface area contributed by atoms with E-state index in [4.69, 9.17) is 4.74 Å². The molecule has 0 spiro atoms. The second kappa shape index (κ2) is 11.7. The molecular formula is C23H30BrN3O3. The van der Waals surface area contributed by atoms with Crippen molar-refractivity contribution in [2.24, 2.45) is 0 Å². The van der Waals surface area contributed by atoms with Gasteiger partial charge in [0.15, 0.2) is 6.61 Å². The van der Waals surface area contributed by atoms with Crippen LogP contribution in [0.25, 0.3) is 0 Å². The van der Waals surface area contributed by atoms with Crippen LogP contribution in [0.1, 0.15) is 38.1 Å². The molecule has 2 aromatic carbocycles. The monoisotopic (exact) mass is 475 g/mol. The Morgan fingerprint density at radius 3 is 2.27 bits per heavy atom. The number of carbonyl (C=O) groups excluding carboxylic acids is 2. The van der Waals surface area contributed by atoms with Crippen LogP contribution in [0.5, 0.6) is 5.75 Å². The van der Waals surface area contributed by atoms with Gasteiger partial charge in [0.05, 0.1) is 5.56 Å². The maximum absolute atomic E-state index is 12.6. The molecule has 162 valence electrons. The lowest BCUT2D eigenvalue weighted by molar-refractivity contribution is -0.118. The van der Waals surface area contributed by atoms with Crippen molar-refractivity contribution in [3.05, 3.63) is 58.6 Å². The molecule has 0 aliphatic carbocycles. The van der Waals surface area contributed by atoms with E-state index >= 15 is 0 Å². The third-order valence-corrected chi connectivity index (χ3v) is 5.13. The van der Waals surface area contributed by atoms with Crippen LogP contribution in [0.2, 0.25) is 0 Å². The van der Waals surface area contributed by atoms with Crippen LogP contribution in [-0.4, -0.2) is 48.5 Å². The van der Waals surface area contributed by atoms with Gasteiger partial charge in [-0.2, -0.15) is 0 Å². The fraction of sp³-hybridized carbons (Fsp3) is 0.391. The number of anilines is 1. The standard InChI is InChI=1S/C23H30BrN3O3/c1-16(2)27(17(3)4)14-13-25-23(29)20-7-5-6-8-21(20)30-15-22(28)26-19-11-9-18(24)10-12-19/h5-12,16-17H,13-15H2,1-4H3,(H,25,29)(H,26,28). The quantitative estimate of drug-likeness (QED) is 0.536. The van der Waals surface area contributed by atoms with Gasteiger partial charge in [0.2, 0.25) is 0 Å². The van der Waals surface area contributed by atoms with Crippen molar-refractivity contribution in [2.75, 3.05) is 25.0 Å². The van der Waals surface area contributed by atoms with E-state index in [2.05, 4.69) is 59.2 Å². The molecule has 2 N–H and O–H groups in total. The molecule has 0 radical (unpaired) electrons. The number of nitrogens with zero attached hydrogens (tertiary/aromatic N) is 1. The Balaban J connectivity index is 1.90. The van der Waals surface area contributed by atoms with Crippen molar-refractivity contribution in [1.82, 2.24) is 10.2 Å². The van der Waals surface area contributed by atoms with Gasteiger partial charge in [0.1, 0.15) is 5.75 Å². The Bertz CT molecular complexity index is 830. The van der Waals surface area contributed by atoms with Gasteiger partial charge in [-0.1, -0.05) is 28.1 Å². The molecule has 0 aromatic heterocycles. The highest BCUT2D eigenvalue weighted by Gasteiger charge is 2.16. The zero-order valence-corrected chi connectivity index (χ0v) is 19.5. The number of para-hydroxylation sites is 1. The Morgan fingerprint density at radius 2 is 1.63 bits per heavy atom. The van der Waals surface area contributed by atoms with Gasteiger partial charge in [-0.15, -0.1) is 0 Å². The summed E-state index contributed by atoms with van der Waals surface area (Å²) in [7, 11) is 0. The predicted octanol–water partition coefficient (Wildman–Crippen LogP) is 4.32. The third kappa shape index (κ3) is 7.46. The van der Waals surface area contributed by atoms with Crippen molar-refractivity contribution in [3.63, 3.8) is 0 Å². The summed E-state index contributed by atoms with van der Waals surface area (Å²) in [4.78, 5) is 27.1. The maximum Gasteiger partial charge on any atom is 0.262 e.